The van der Waals surface area contributed by atoms with E-state index in [0.717, 1.165) is 103 Å². The molecule has 2 unspecified atom stereocenters. The molecule has 0 spiro atoms. The number of unbranched alkanes of at least 4 members (excludes halogenated alkanes) is 53. The number of phosphoric acid groups is 2. The zero-order valence-electron chi connectivity index (χ0n) is 63.1. The number of rotatable bonds is 79. The van der Waals surface area contributed by atoms with Crippen LogP contribution >= 0.6 is 15.6 Å². The Morgan fingerprint density at radius 3 is 0.608 bits per heavy atom. The van der Waals surface area contributed by atoms with E-state index in [1.54, 1.807) is 0 Å². The van der Waals surface area contributed by atoms with Gasteiger partial charge in [0.05, 0.1) is 26.4 Å². The molecule has 0 aromatic carbocycles. The van der Waals surface area contributed by atoms with Crippen molar-refractivity contribution in [2.75, 3.05) is 39.6 Å². The number of aliphatic hydroxyl groups excluding tert-OH is 1. The topological polar surface area (TPSA) is 237 Å². The van der Waals surface area contributed by atoms with Crippen molar-refractivity contribution in [3.05, 3.63) is 0 Å². The highest BCUT2D eigenvalue weighted by atomic mass is 31.2. The second-order valence-electron chi connectivity index (χ2n) is 28.1. The molecule has 0 heterocycles. The minimum absolute atomic E-state index is 0.108. The predicted octanol–water partition coefficient (Wildman–Crippen LogP) is 23.4. The number of phosphoric ester groups is 2. The highest BCUT2D eigenvalue weighted by Gasteiger charge is 2.30. The second kappa shape index (κ2) is 72.4. The van der Waals surface area contributed by atoms with Gasteiger partial charge in [0.15, 0.2) is 12.2 Å². The molecule has 0 aromatic heterocycles. The zero-order chi connectivity index (χ0) is 71.1. The minimum atomic E-state index is -4.96. The van der Waals surface area contributed by atoms with Gasteiger partial charge in [-0.15, -0.1) is 0 Å². The van der Waals surface area contributed by atoms with Gasteiger partial charge in [-0.25, -0.2) is 9.13 Å². The van der Waals surface area contributed by atoms with Gasteiger partial charge in [-0.05, 0) is 25.7 Å². The van der Waals surface area contributed by atoms with Crippen LogP contribution in [0.4, 0.5) is 0 Å². The molecule has 0 aliphatic rings. The quantitative estimate of drug-likeness (QED) is 0.0222. The summed E-state index contributed by atoms with van der Waals surface area (Å²) in [7, 11) is -9.91. The summed E-state index contributed by atoms with van der Waals surface area (Å²) in [5.74, 6) is -2.11. The van der Waals surface area contributed by atoms with E-state index >= 15 is 0 Å². The van der Waals surface area contributed by atoms with E-state index < -0.39 is 97.5 Å². The van der Waals surface area contributed by atoms with Crippen molar-refractivity contribution < 1.29 is 80.2 Å². The smallest absolute Gasteiger partial charge is 0.462 e. The van der Waals surface area contributed by atoms with Gasteiger partial charge < -0.3 is 33.8 Å². The van der Waals surface area contributed by atoms with E-state index in [-0.39, 0.29) is 25.7 Å². The van der Waals surface area contributed by atoms with E-state index in [1.807, 2.05) is 0 Å². The SMILES string of the molecule is CCCCCCCCCCCCCCCCCCCCC(=O)O[C@H](COC(=O)CCCCCCCCCCCCCCCCCC)COP(=O)(O)OC[C@@H](O)COP(=O)(O)OC[C@@H](COC(=O)CCCCCCCCC)OC(=O)CCCCCCCCCCCCCCCCCC. The molecule has 3 N–H and O–H groups in total. The number of carbonyl (C=O) groups is 4. The Balaban J connectivity index is 5.18. The maximum atomic E-state index is 13.1. The average molecular weight is 1420 g/mol. The van der Waals surface area contributed by atoms with Crippen LogP contribution in [-0.4, -0.2) is 96.7 Å². The fraction of sp³-hybridized carbons (Fsp3) is 0.949. The van der Waals surface area contributed by atoms with Crippen LogP contribution in [-0.2, 0) is 65.4 Å². The van der Waals surface area contributed by atoms with Crippen LogP contribution in [0.2, 0.25) is 0 Å². The molecular formula is C78H152O17P2. The first kappa shape index (κ1) is 95.1. The molecular weight excluding hydrogens is 1270 g/mol. The number of ether oxygens (including phenoxy) is 4. The molecule has 0 saturated carbocycles. The third kappa shape index (κ3) is 72.2. The molecule has 0 aliphatic carbocycles. The van der Waals surface area contributed by atoms with Gasteiger partial charge in [-0.3, -0.25) is 37.3 Å². The van der Waals surface area contributed by atoms with E-state index in [4.69, 9.17) is 37.0 Å². The first-order valence-electron chi connectivity index (χ1n) is 40.8. The molecule has 0 aromatic rings. The maximum absolute atomic E-state index is 13.1. The summed E-state index contributed by atoms with van der Waals surface area (Å²) in [5, 5.41) is 10.6. The number of esters is 4. The molecule has 0 aliphatic heterocycles. The zero-order valence-corrected chi connectivity index (χ0v) is 64.8. The largest absolute Gasteiger partial charge is 0.472 e. The van der Waals surface area contributed by atoms with Gasteiger partial charge in [-0.2, -0.15) is 0 Å². The van der Waals surface area contributed by atoms with Crippen molar-refractivity contribution in [2.24, 2.45) is 0 Å². The van der Waals surface area contributed by atoms with Gasteiger partial charge in [0.25, 0.3) is 0 Å². The highest BCUT2D eigenvalue weighted by Crippen LogP contribution is 2.45. The van der Waals surface area contributed by atoms with Crippen LogP contribution in [0.25, 0.3) is 0 Å². The lowest BCUT2D eigenvalue weighted by Gasteiger charge is -2.21. The molecule has 0 amide bonds. The normalized spacial score (nSPS) is 13.8. The Morgan fingerprint density at radius 1 is 0.247 bits per heavy atom. The summed E-state index contributed by atoms with van der Waals surface area (Å²) in [6.45, 7) is 4.97. The van der Waals surface area contributed by atoms with E-state index in [1.165, 1.54) is 238 Å². The van der Waals surface area contributed by atoms with Gasteiger partial charge in [0, 0.05) is 25.7 Å². The molecule has 5 atom stereocenters. The van der Waals surface area contributed by atoms with Crippen molar-refractivity contribution in [2.45, 2.75) is 438 Å². The summed E-state index contributed by atoms with van der Waals surface area (Å²) >= 11 is 0. The van der Waals surface area contributed by atoms with Gasteiger partial charge in [-0.1, -0.05) is 368 Å². The van der Waals surface area contributed by atoms with Gasteiger partial charge >= 0.3 is 39.5 Å². The monoisotopic (exact) mass is 1420 g/mol. The fourth-order valence-electron chi connectivity index (χ4n) is 12.1. The first-order chi connectivity index (χ1) is 47.2. The highest BCUT2D eigenvalue weighted by molar-refractivity contribution is 7.47. The van der Waals surface area contributed by atoms with Crippen LogP contribution in [0.3, 0.4) is 0 Å². The van der Waals surface area contributed by atoms with Crippen molar-refractivity contribution in [3.63, 3.8) is 0 Å². The molecule has 97 heavy (non-hydrogen) atoms. The Hall–Kier alpha value is -1.94. The van der Waals surface area contributed by atoms with Crippen molar-refractivity contribution >= 4 is 39.5 Å². The molecule has 576 valence electrons. The lowest BCUT2D eigenvalue weighted by molar-refractivity contribution is -0.161. The third-order valence-corrected chi connectivity index (χ3v) is 20.3. The number of hydrogen-bond donors (Lipinski definition) is 3. The standard InChI is InChI=1S/C78H152O17P2/c1-5-9-13-17-21-24-27-30-33-36-37-40-43-46-49-53-57-61-65-78(83)95-74(69-89-76(81)63-59-55-51-47-44-41-38-34-31-28-25-22-18-14-10-6-2)71-93-97(86,87)91-67-72(79)66-90-96(84,85)92-70-73(68-88-75(80)62-58-54-50-20-16-12-8-4)94-77(82)64-60-56-52-48-45-42-39-35-32-29-26-23-19-15-11-7-3/h72-74,79H,5-71H2,1-4H3,(H,84,85)(H,86,87)/t72-,73+,74+/m0/s1. The Kier molecular flexibility index (Phi) is 71.0. The number of hydrogen-bond acceptors (Lipinski definition) is 15. The Labute approximate surface area is 594 Å². The van der Waals surface area contributed by atoms with E-state index in [0.29, 0.717) is 25.7 Å². The molecule has 0 rings (SSSR count). The number of carbonyl (C=O) groups excluding carboxylic acids is 4. The lowest BCUT2D eigenvalue weighted by atomic mass is 10.0. The summed E-state index contributed by atoms with van der Waals surface area (Å²) < 4.78 is 68.5. The minimum Gasteiger partial charge on any atom is -0.462 e. The van der Waals surface area contributed by atoms with E-state index in [2.05, 4.69) is 27.7 Å². The maximum Gasteiger partial charge on any atom is 0.472 e. The summed E-state index contributed by atoms with van der Waals surface area (Å²) in [5.41, 5.74) is 0. The van der Waals surface area contributed by atoms with Crippen molar-refractivity contribution in [1.82, 2.24) is 0 Å². The van der Waals surface area contributed by atoms with Crippen LogP contribution < -0.4 is 0 Å². The second-order valence-corrected chi connectivity index (χ2v) is 31.0. The van der Waals surface area contributed by atoms with Crippen molar-refractivity contribution in [1.29, 1.82) is 0 Å². The molecule has 19 heteroatoms. The lowest BCUT2D eigenvalue weighted by Crippen LogP contribution is -2.30. The van der Waals surface area contributed by atoms with E-state index in [9.17, 15) is 43.2 Å². The van der Waals surface area contributed by atoms with Gasteiger partial charge in [0.2, 0.25) is 0 Å². The number of aliphatic hydroxyl groups is 1. The molecule has 0 fully saturated rings. The average Bonchev–Trinajstić information content (AvgIpc) is 1.08. The summed E-state index contributed by atoms with van der Waals surface area (Å²) in [6.07, 6.45) is 63.9. The van der Waals surface area contributed by atoms with Crippen LogP contribution in [0.15, 0.2) is 0 Å². The summed E-state index contributed by atoms with van der Waals surface area (Å²) in [4.78, 5) is 72.8. The van der Waals surface area contributed by atoms with Crippen LogP contribution in [0.1, 0.15) is 419 Å². The molecule has 17 nitrogen and oxygen atoms in total. The molecule has 0 radical (unpaired) electrons. The molecule has 0 saturated heterocycles. The third-order valence-electron chi connectivity index (χ3n) is 18.4. The first-order valence-corrected chi connectivity index (χ1v) is 43.8. The predicted molar refractivity (Wildman–Crippen MR) is 395 cm³/mol. The van der Waals surface area contributed by atoms with Crippen LogP contribution in [0, 0.1) is 0 Å². The molecule has 0 bridgehead atoms. The fourth-order valence-corrected chi connectivity index (χ4v) is 13.7. The Bertz CT molecular complexity index is 1840. The Morgan fingerprint density at radius 2 is 0.412 bits per heavy atom. The van der Waals surface area contributed by atoms with Crippen LogP contribution in [0.5, 0.6) is 0 Å². The summed E-state index contributed by atoms with van der Waals surface area (Å²) in [6, 6.07) is 0. The van der Waals surface area contributed by atoms with Crippen molar-refractivity contribution in [3.8, 4) is 0 Å². The van der Waals surface area contributed by atoms with Gasteiger partial charge in [0.1, 0.15) is 19.3 Å².